The Balaban J connectivity index is 2.75. The summed E-state index contributed by atoms with van der Waals surface area (Å²) in [6.45, 7) is 3.13. The zero-order valence-electron chi connectivity index (χ0n) is 6.79. The highest BCUT2D eigenvalue weighted by Gasteiger charge is 1.99. The topological polar surface area (TPSA) is 17.8 Å². The molecule has 0 unspecified atom stereocenters. The highest BCUT2D eigenvalue weighted by molar-refractivity contribution is 9.10. The van der Waals surface area contributed by atoms with Crippen LogP contribution >= 0.6 is 15.9 Å². The van der Waals surface area contributed by atoms with E-state index < -0.39 is 0 Å². The molecule has 0 aliphatic rings. The molecular formula is C9H9BrN2. The smallest absolute Gasteiger partial charge is 0.108 e. The molecule has 2 aromatic rings. The van der Waals surface area contributed by atoms with Crippen LogP contribution in [0.4, 0.5) is 0 Å². The van der Waals surface area contributed by atoms with Gasteiger partial charge in [-0.3, -0.25) is 0 Å². The lowest BCUT2D eigenvalue weighted by Crippen LogP contribution is -1.90. The van der Waals surface area contributed by atoms with Gasteiger partial charge in [-0.2, -0.15) is 0 Å². The summed E-state index contributed by atoms with van der Waals surface area (Å²) in [5.74, 6) is 0. The Morgan fingerprint density at radius 1 is 1.58 bits per heavy atom. The summed E-state index contributed by atoms with van der Waals surface area (Å²) in [6, 6.07) is 4.12. The first-order valence-corrected chi connectivity index (χ1v) is 4.71. The molecule has 0 saturated carbocycles. The third-order valence-electron chi connectivity index (χ3n) is 1.96. The fraction of sp³-hybridized carbons (Fsp3) is 0.222. The number of nitrogens with zero attached hydrogens (tertiary/aromatic N) is 2. The van der Waals surface area contributed by atoms with E-state index in [0.29, 0.717) is 0 Å². The lowest BCUT2D eigenvalue weighted by Gasteiger charge is -1.99. The summed E-state index contributed by atoms with van der Waals surface area (Å²) in [7, 11) is 0. The first-order valence-electron chi connectivity index (χ1n) is 3.91. The van der Waals surface area contributed by atoms with Crippen molar-refractivity contribution >= 4 is 26.8 Å². The lowest BCUT2D eigenvalue weighted by molar-refractivity contribution is 0.797. The highest BCUT2D eigenvalue weighted by Crippen LogP contribution is 2.18. The molecule has 0 amide bonds. The van der Waals surface area contributed by atoms with Gasteiger partial charge in [0, 0.05) is 24.3 Å². The molecule has 0 aliphatic heterocycles. The standard InChI is InChI=1S/C9H9BrN2/c1-2-12-4-3-7-6-11-9(10)5-8(7)12/h3-6H,2H2,1H3. The van der Waals surface area contributed by atoms with Gasteiger partial charge in [-0.1, -0.05) is 0 Å². The fourth-order valence-corrected chi connectivity index (χ4v) is 1.65. The Hall–Kier alpha value is -0.830. The number of fused-ring (bicyclic) bond motifs is 1. The molecule has 3 heteroatoms. The van der Waals surface area contributed by atoms with Crippen LogP contribution in [0.5, 0.6) is 0 Å². The fourth-order valence-electron chi connectivity index (χ4n) is 1.33. The van der Waals surface area contributed by atoms with Crippen LogP contribution in [0.25, 0.3) is 10.9 Å². The third-order valence-corrected chi connectivity index (χ3v) is 2.40. The maximum Gasteiger partial charge on any atom is 0.108 e. The zero-order chi connectivity index (χ0) is 8.55. The normalized spacial score (nSPS) is 10.8. The number of halogens is 1. The van der Waals surface area contributed by atoms with E-state index in [4.69, 9.17) is 0 Å². The summed E-state index contributed by atoms with van der Waals surface area (Å²) in [4.78, 5) is 4.16. The van der Waals surface area contributed by atoms with Gasteiger partial charge in [0.1, 0.15) is 4.60 Å². The molecule has 12 heavy (non-hydrogen) atoms. The van der Waals surface area contributed by atoms with Crippen LogP contribution in [0.15, 0.2) is 29.1 Å². The molecule has 0 radical (unpaired) electrons. The van der Waals surface area contributed by atoms with E-state index in [2.05, 4.69) is 44.7 Å². The van der Waals surface area contributed by atoms with Crippen LogP contribution in [0.1, 0.15) is 6.92 Å². The molecule has 62 valence electrons. The summed E-state index contributed by atoms with van der Waals surface area (Å²) >= 11 is 3.36. The first-order chi connectivity index (χ1) is 5.81. The van der Waals surface area contributed by atoms with Gasteiger partial charge >= 0.3 is 0 Å². The summed E-state index contributed by atoms with van der Waals surface area (Å²) in [6.07, 6.45) is 3.96. The average Bonchev–Trinajstić information content (AvgIpc) is 2.46. The van der Waals surface area contributed by atoms with Gasteiger partial charge in [0.15, 0.2) is 0 Å². The second-order valence-electron chi connectivity index (χ2n) is 2.67. The maximum atomic E-state index is 4.16. The minimum absolute atomic E-state index is 0.892. The van der Waals surface area contributed by atoms with Gasteiger partial charge in [0.2, 0.25) is 0 Å². The second kappa shape index (κ2) is 2.90. The van der Waals surface area contributed by atoms with Crippen molar-refractivity contribution in [3.63, 3.8) is 0 Å². The minimum Gasteiger partial charge on any atom is -0.348 e. The van der Waals surface area contributed by atoms with Gasteiger partial charge in [-0.05, 0) is 35.0 Å². The molecule has 0 aliphatic carbocycles. The number of hydrogen-bond donors (Lipinski definition) is 0. The third kappa shape index (κ3) is 1.14. The Morgan fingerprint density at radius 3 is 3.17 bits per heavy atom. The van der Waals surface area contributed by atoms with Crippen molar-refractivity contribution in [1.82, 2.24) is 9.55 Å². The van der Waals surface area contributed by atoms with Crippen LogP contribution < -0.4 is 0 Å². The van der Waals surface area contributed by atoms with Gasteiger partial charge in [-0.15, -0.1) is 0 Å². The van der Waals surface area contributed by atoms with Gasteiger partial charge in [0.05, 0.1) is 5.52 Å². The van der Waals surface area contributed by atoms with E-state index in [9.17, 15) is 0 Å². The Bertz CT molecular complexity index is 406. The summed E-state index contributed by atoms with van der Waals surface area (Å²) < 4.78 is 3.09. The van der Waals surface area contributed by atoms with Crippen molar-refractivity contribution in [2.45, 2.75) is 13.5 Å². The van der Waals surface area contributed by atoms with E-state index in [-0.39, 0.29) is 0 Å². The SMILES string of the molecule is CCn1ccc2cnc(Br)cc21. The zero-order valence-corrected chi connectivity index (χ0v) is 8.37. The van der Waals surface area contributed by atoms with Gasteiger partial charge in [-0.25, -0.2) is 4.98 Å². The van der Waals surface area contributed by atoms with Crippen LogP contribution in [-0.4, -0.2) is 9.55 Å². The second-order valence-corrected chi connectivity index (χ2v) is 3.48. The van der Waals surface area contributed by atoms with Crippen molar-refractivity contribution in [2.75, 3.05) is 0 Å². The van der Waals surface area contributed by atoms with Crippen LogP contribution in [0.2, 0.25) is 0 Å². The Kier molecular flexibility index (Phi) is 1.89. The first kappa shape index (κ1) is 7.80. The van der Waals surface area contributed by atoms with Crippen LogP contribution in [-0.2, 0) is 6.54 Å². The van der Waals surface area contributed by atoms with Crippen molar-refractivity contribution in [1.29, 1.82) is 0 Å². The monoisotopic (exact) mass is 224 g/mol. The summed E-state index contributed by atoms with van der Waals surface area (Å²) in [5.41, 5.74) is 1.24. The molecule has 0 saturated heterocycles. The van der Waals surface area contributed by atoms with E-state index in [1.165, 1.54) is 10.9 Å². The molecule has 2 heterocycles. The average molecular weight is 225 g/mol. The van der Waals surface area contributed by atoms with Gasteiger partial charge in [0.25, 0.3) is 0 Å². The molecule has 0 atom stereocenters. The Labute approximate surface area is 79.3 Å². The molecular weight excluding hydrogens is 216 g/mol. The Morgan fingerprint density at radius 2 is 2.42 bits per heavy atom. The van der Waals surface area contributed by atoms with E-state index in [1.807, 2.05) is 12.3 Å². The van der Waals surface area contributed by atoms with Crippen molar-refractivity contribution in [3.05, 3.63) is 29.1 Å². The largest absolute Gasteiger partial charge is 0.348 e. The molecule has 2 nitrogen and oxygen atoms in total. The van der Waals surface area contributed by atoms with Crippen LogP contribution in [0, 0.1) is 0 Å². The predicted molar refractivity (Wildman–Crippen MR) is 53.1 cm³/mol. The molecule has 0 bridgehead atoms. The van der Waals surface area contributed by atoms with E-state index in [1.54, 1.807) is 0 Å². The van der Waals surface area contributed by atoms with E-state index >= 15 is 0 Å². The number of aryl methyl sites for hydroxylation is 1. The highest BCUT2D eigenvalue weighted by atomic mass is 79.9. The number of hydrogen-bond acceptors (Lipinski definition) is 1. The van der Waals surface area contributed by atoms with Crippen molar-refractivity contribution in [2.24, 2.45) is 0 Å². The molecule has 2 aromatic heterocycles. The lowest BCUT2D eigenvalue weighted by atomic mass is 10.3. The van der Waals surface area contributed by atoms with Gasteiger partial charge < -0.3 is 4.57 Å². The number of aromatic nitrogens is 2. The molecule has 2 rings (SSSR count). The summed E-state index contributed by atoms with van der Waals surface area (Å²) in [5, 5.41) is 1.19. The maximum absolute atomic E-state index is 4.16. The van der Waals surface area contributed by atoms with Crippen molar-refractivity contribution in [3.8, 4) is 0 Å². The van der Waals surface area contributed by atoms with E-state index in [0.717, 1.165) is 11.1 Å². The van der Waals surface area contributed by atoms with Crippen molar-refractivity contribution < 1.29 is 0 Å². The number of rotatable bonds is 1. The molecule has 0 aromatic carbocycles. The molecule has 0 spiro atoms. The van der Waals surface area contributed by atoms with Crippen LogP contribution in [0.3, 0.4) is 0 Å². The minimum atomic E-state index is 0.892. The quantitative estimate of drug-likeness (QED) is 0.682. The number of pyridine rings is 1. The predicted octanol–water partition coefficient (Wildman–Crippen LogP) is 2.82. The molecule has 0 N–H and O–H groups in total. The molecule has 0 fully saturated rings.